The van der Waals surface area contributed by atoms with Gasteiger partial charge < -0.3 is 15.8 Å². The van der Waals surface area contributed by atoms with Crippen molar-refractivity contribution in [2.24, 2.45) is 0 Å². The van der Waals surface area contributed by atoms with Crippen molar-refractivity contribution in [3.05, 3.63) is 23.2 Å². The molecule has 110 valence electrons. The van der Waals surface area contributed by atoms with Gasteiger partial charge in [-0.1, -0.05) is 11.6 Å². The fourth-order valence-corrected chi connectivity index (χ4v) is 2.29. The molecule has 0 aliphatic carbocycles. The van der Waals surface area contributed by atoms with Crippen LogP contribution in [0.25, 0.3) is 0 Å². The van der Waals surface area contributed by atoms with Gasteiger partial charge in [0.05, 0.1) is 12.4 Å². The monoisotopic (exact) mass is 317 g/mol. The number of carbonyl (C=O) groups excluding carboxylic acids is 2. The van der Waals surface area contributed by atoms with Crippen LogP contribution in [0.15, 0.2) is 23.1 Å². The molecule has 6 nitrogen and oxygen atoms in total. The second-order valence-corrected chi connectivity index (χ2v) is 5.22. The van der Waals surface area contributed by atoms with E-state index in [1.165, 1.54) is 18.9 Å². The van der Waals surface area contributed by atoms with Crippen molar-refractivity contribution in [2.75, 3.05) is 31.7 Å². The van der Waals surface area contributed by atoms with Gasteiger partial charge >= 0.3 is 6.03 Å². The van der Waals surface area contributed by atoms with Gasteiger partial charge in [-0.25, -0.2) is 4.79 Å². The Kier molecular flexibility index (Phi) is 7.21. The maximum Gasteiger partial charge on any atom is 0.321 e. The molecule has 0 unspecified atom stereocenters. The summed E-state index contributed by atoms with van der Waals surface area (Å²) >= 11 is 7.06. The van der Waals surface area contributed by atoms with Crippen molar-refractivity contribution in [2.45, 2.75) is 4.90 Å². The highest BCUT2D eigenvalue weighted by atomic mass is 35.5. The van der Waals surface area contributed by atoms with Crippen LogP contribution >= 0.6 is 23.4 Å². The number of nitrogens with two attached hydrogens (primary N) is 1. The molecule has 1 aromatic carbocycles. The van der Waals surface area contributed by atoms with Gasteiger partial charge in [0, 0.05) is 29.3 Å². The topological polar surface area (TPSA) is 93.5 Å². The lowest BCUT2D eigenvalue weighted by Crippen LogP contribution is -2.41. The van der Waals surface area contributed by atoms with E-state index in [2.05, 4.69) is 10.6 Å². The van der Waals surface area contributed by atoms with Gasteiger partial charge in [0.2, 0.25) is 5.91 Å². The van der Waals surface area contributed by atoms with Gasteiger partial charge in [0.25, 0.3) is 0 Å². The van der Waals surface area contributed by atoms with Crippen LogP contribution in [0.3, 0.4) is 0 Å². The molecule has 0 radical (unpaired) electrons. The van der Waals surface area contributed by atoms with Crippen molar-refractivity contribution >= 4 is 41.0 Å². The summed E-state index contributed by atoms with van der Waals surface area (Å²) in [6.45, 7) is 0.722. The van der Waals surface area contributed by atoms with E-state index in [1.54, 1.807) is 18.2 Å². The van der Waals surface area contributed by atoms with E-state index in [0.717, 1.165) is 0 Å². The third-order valence-corrected chi connectivity index (χ3v) is 3.49. The Hall–Kier alpha value is -1.44. The van der Waals surface area contributed by atoms with Gasteiger partial charge in [-0.15, -0.1) is 11.8 Å². The minimum absolute atomic E-state index is 0.0717. The van der Waals surface area contributed by atoms with E-state index in [-0.39, 0.29) is 5.75 Å². The summed E-state index contributed by atoms with van der Waals surface area (Å²) in [5.74, 6) is -0.341. The molecule has 0 saturated heterocycles. The van der Waals surface area contributed by atoms with Gasteiger partial charge in [0.15, 0.2) is 0 Å². The van der Waals surface area contributed by atoms with Crippen LogP contribution in [0.2, 0.25) is 5.02 Å². The van der Waals surface area contributed by atoms with Gasteiger partial charge in [0.1, 0.15) is 0 Å². The number of methoxy groups -OCH3 is 1. The summed E-state index contributed by atoms with van der Waals surface area (Å²) in [4.78, 5) is 23.6. The molecule has 3 amide bonds. The first-order valence-corrected chi connectivity index (χ1v) is 7.13. The Morgan fingerprint density at radius 2 is 2.20 bits per heavy atom. The molecule has 0 aliphatic heterocycles. The summed E-state index contributed by atoms with van der Waals surface area (Å²) in [5.41, 5.74) is 6.29. The maximum atomic E-state index is 11.6. The van der Waals surface area contributed by atoms with Crippen LogP contribution in [0.4, 0.5) is 10.5 Å². The number of amides is 3. The van der Waals surface area contributed by atoms with Gasteiger partial charge in [-0.3, -0.25) is 10.1 Å². The van der Waals surface area contributed by atoms with E-state index < -0.39 is 11.9 Å². The van der Waals surface area contributed by atoms with Crippen molar-refractivity contribution in [1.29, 1.82) is 0 Å². The highest BCUT2D eigenvalue weighted by molar-refractivity contribution is 8.00. The standard InChI is InChI=1S/C12H16ClN3O3S/c1-19-5-4-15-12(18)16-11(17)7-20-10-6-8(13)2-3-9(10)14/h2-3,6H,4-5,7,14H2,1H3,(H2,15,16,17,18). The van der Waals surface area contributed by atoms with E-state index >= 15 is 0 Å². The number of nitrogens with one attached hydrogen (secondary N) is 2. The molecule has 0 aliphatic rings. The van der Waals surface area contributed by atoms with Crippen LogP contribution in [0, 0.1) is 0 Å². The average molecular weight is 318 g/mol. The molecule has 0 atom stereocenters. The number of thioether (sulfide) groups is 1. The van der Waals surface area contributed by atoms with Gasteiger partial charge in [-0.2, -0.15) is 0 Å². The molecule has 0 aromatic heterocycles. The Morgan fingerprint density at radius 1 is 1.45 bits per heavy atom. The van der Waals surface area contributed by atoms with Crippen molar-refractivity contribution in [3.63, 3.8) is 0 Å². The molecule has 0 heterocycles. The van der Waals surface area contributed by atoms with Crippen molar-refractivity contribution < 1.29 is 14.3 Å². The molecule has 0 spiro atoms. The van der Waals surface area contributed by atoms with E-state index in [0.29, 0.717) is 28.8 Å². The fraction of sp³-hybridized carbons (Fsp3) is 0.333. The number of rotatable bonds is 6. The average Bonchev–Trinajstić information content (AvgIpc) is 2.40. The van der Waals surface area contributed by atoms with Crippen LogP contribution in [-0.2, 0) is 9.53 Å². The molecule has 1 aromatic rings. The molecule has 0 bridgehead atoms. The van der Waals surface area contributed by atoms with E-state index in [1.807, 2.05) is 0 Å². The quantitative estimate of drug-likeness (QED) is 0.420. The zero-order valence-electron chi connectivity index (χ0n) is 10.9. The number of ether oxygens (including phenoxy) is 1. The van der Waals surface area contributed by atoms with Crippen LogP contribution in [-0.4, -0.2) is 38.0 Å². The zero-order chi connectivity index (χ0) is 15.0. The predicted octanol–water partition coefficient (Wildman–Crippen LogP) is 1.49. The Bertz CT molecular complexity index is 485. The SMILES string of the molecule is COCCNC(=O)NC(=O)CSc1cc(Cl)ccc1N. The fourth-order valence-electron chi connectivity index (χ4n) is 1.25. The predicted molar refractivity (Wildman–Crippen MR) is 80.0 cm³/mol. The zero-order valence-corrected chi connectivity index (χ0v) is 12.5. The molecule has 1 rings (SSSR count). The maximum absolute atomic E-state index is 11.6. The van der Waals surface area contributed by atoms with Gasteiger partial charge in [-0.05, 0) is 18.2 Å². The second-order valence-electron chi connectivity index (χ2n) is 3.77. The first-order valence-electron chi connectivity index (χ1n) is 5.77. The molecule has 20 heavy (non-hydrogen) atoms. The van der Waals surface area contributed by atoms with Crippen LogP contribution < -0.4 is 16.4 Å². The third kappa shape index (κ3) is 6.14. The molecule has 4 N–H and O–H groups in total. The Morgan fingerprint density at radius 3 is 2.90 bits per heavy atom. The highest BCUT2D eigenvalue weighted by Gasteiger charge is 2.09. The lowest BCUT2D eigenvalue weighted by molar-refractivity contribution is -0.117. The number of imide groups is 1. The smallest absolute Gasteiger partial charge is 0.321 e. The van der Waals surface area contributed by atoms with Crippen LogP contribution in [0.5, 0.6) is 0 Å². The lowest BCUT2D eigenvalue weighted by Gasteiger charge is -2.07. The first-order chi connectivity index (χ1) is 9.52. The number of carbonyl (C=O) groups is 2. The number of urea groups is 1. The molecule has 0 fully saturated rings. The lowest BCUT2D eigenvalue weighted by atomic mass is 10.3. The molecular weight excluding hydrogens is 302 g/mol. The van der Waals surface area contributed by atoms with Crippen molar-refractivity contribution in [3.8, 4) is 0 Å². The third-order valence-electron chi connectivity index (χ3n) is 2.18. The molecular formula is C12H16ClN3O3S. The number of anilines is 1. The summed E-state index contributed by atoms with van der Waals surface area (Å²) in [7, 11) is 1.52. The Balaban J connectivity index is 2.36. The summed E-state index contributed by atoms with van der Waals surface area (Å²) in [6, 6.07) is 4.46. The van der Waals surface area contributed by atoms with E-state index in [4.69, 9.17) is 22.1 Å². The van der Waals surface area contributed by atoms with Crippen molar-refractivity contribution in [1.82, 2.24) is 10.6 Å². The number of benzene rings is 1. The highest BCUT2D eigenvalue weighted by Crippen LogP contribution is 2.27. The number of hydrogen-bond donors (Lipinski definition) is 3. The summed E-state index contributed by atoms with van der Waals surface area (Å²) < 4.78 is 4.77. The minimum Gasteiger partial charge on any atom is -0.398 e. The largest absolute Gasteiger partial charge is 0.398 e. The number of hydrogen-bond acceptors (Lipinski definition) is 5. The minimum atomic E-state index is -0.549. The molecule has 0 saturated carbocycles. The normalized spacial score (nSPS) is 10.1. The number of halogens is 1. The van der Waals surface area contributed by atoms with Crippen LogP contribution in [0.1, 0.15) is 0 Å². The second kappa shape index (κ2) is 8.68. The van der Waals surface area contributed by atoms with E-state index in [9.17, 15) is 9.59 Å². The molecule has 8 heteroatoms. The number of nitrogen functional groups attached to an aromatic ring is 1. The Labute approximate surface area is 126 Å². The summed E-state index contributed by atoms with van der Waals surface area (Å²) in [5, 5.41) is 5.23. The summed E-state index contributed by atoms with van der Waals surface area (Å²) in [6.07, 6.45) is 0. The first kappa shape index (κ1) is 16.6.